The third-order valence-electron chi connectivity index (χ3n) is 5.28. The van der Waals surface area contributed by atoms with Crippen molar-refractivity contribution in [2.24, 2.45) is 0 Å². The van der Waals surface area contributed by atoms with Gasteiger partial charge in [0.15, 0.2) is 0 Å². The summed E-state index contributed by atoms with van der Waals surface area (Å²) in [5, 5.41) is 5.41. The maximum atomic E-state index is 13.5. The van der Waals surface area contributed by atoms with Crippen LogP contribution in [0.2, 0.25) is 0 Å². The lowest BCUT2D eigenvalue weighted by Gasteiger charge is -2.25. The molecule has 0 bridgehead atoms. The molecule has 2 amide bonds. The number of anilines is 3. The Balaban J connectivity index is 1.85. The Morgan fingerprint density at radius 2 is 1.46 bits per heavy atom. The zero-order valence-electron chi connectivity index (χ0n) is 20.2. The van der Waals surface area contributed by atoms with Crippen LogP contribution in [0.25, 0.3) is 0 Å². The summed E-state index contributed by atoms with van der Waals surface area (Å²) in [6, 6.07) is 18.5. The maximum absolute atomic E-state index is 13.5. The average Bonchev–Trinajstić information content (AvgIpc) is 2.81. The molecule has 0 aliphatic carbocycles. The van der Waals surface area contributed by atoms with Crippen LogP contribution in [-0.4, -0.2) is 33.9 Å². The molecule has 0 aliphatic heterocycles. The molecule has 0 heterocycles. The molecular weight excluding hydrogens is 466 g/mol. The van der Waals surface area contributed by atoms with Gasteiger partial charge in [-0.2, -0.15) is 0 Å². The fourth-order valence-corrected chi connectivity index (χ4v) is 4.87. The predicted molar refractivity (Wildman–Crippen MR) is 137 cm³/mol. The zero-order chi connectivity index (χ0) is 25.6. The van der Waals surface area contributed by atoms with Gasteiger partial charge in [-0.05, 0) is 50.2 Å². The van der Waals surface area contributed by atoms with Gasteiger partial charge in [-0.15, -0.1) is 0 Å². The Kier molecular flexibility index (Phi) is 8.14. The summed E-state index contributed by atoms with van der Waals surface area (Å²) in [7, 11) is -2.42. The van der Waals surface area contributed by atoms with E-state index in [-0.39, 0.29) is 23.8 Å². The number of nitrogens with one attached hydrogen (secondary N) is 2. The summed E-state index contributed by atoms with van der Waals surface area (Å²) in [6.45, 7) is 5.08. The van der Waals surface area contributed by atoms with Gasteiger partial charge in [0.2, 0.25) is 11.8 Å². The van der Waals surface area contributed by atoms with Crippen molar-refractivity contribution in [3.05, 3.63) is 77.9 Å². The fourth-order valence-electron chi connectivity index (χ4n) is 3.40. The second-order valence-corrected chi connectivity index (χ2v) is 9.98. The molecule has 3 rings (SSSR count). The molecule has 0 aliphatic rings. The minimum absolute atomic E-state index is 0.0788. The van der Waals surface area contributed by atoms with Crippen LogP contribution in [0.15, 0.2) is 71.6 Å². The predicted octanol–water partition coefficient (Wildman–Crippen LogP) is 4.49. The molecule has 9 heteroatoms. The van der Waals surface area contributed by atoms with E-state index in [2.05, 4.69) is 10.6 Å². The minimum Gasteiger partial charge on any atom is -0.497 e. The van der Waals surface area contributed by atoms with Crippen LogP contribution in [0.3, 0.4) is 0 Å². The average molecular weight is 496 g/mol. The first kappa shape index (κ1) is 25.8. The Bertz CT molecular complexity index is 1300. The van der Waals surface area contributed by atoms with Crippen LogP contribution in [0.4, 0.5) is 17.1 Å². The van der Waals surface area contributed by atoms with E-state index in [1.54, 1.807) is 54.6 Å². The summed E-state index contributed by atoms with van der Waals surface area (Å²) in [5.41, 5.74) is 3.16. The Hall–Kier alpha value is -3.85. The maximum Gasteiger partial charge on any atom is 0.264 e. The number of hydrogen-bond acceptors (Lipinski definition) is 5. The molecule has 0 atom stereocenters. The van der Waals surface area contributed by atoms with E-state index >= 15 is 0 Å². The number of hydrogen-bond donors (Lipinski definition) is 2. The second kappa shape index (κ2) is 11.1. The number of carbonyl (C=O) groups is 2. The lowest BCUT2D eigenvalue weighted by atomic mass is 10.2. The molecule has 0 aromatic heterocycles. The first-order chi connectivity index (χ1) is 16.6. The van der Waals surface area contributed by atoms with Gasteiger partial charge in [-0.1, -0.05) is 35.4 Å². The van der Waals surface area contributed by atoms with Crippen molar-refractivity contribution in [2.75, 3.05) is 28.6 Å². The van der Waals surface area contributed by atoms with Gasteiger partial charge in [0.1, 0.15) is 5.75 Å². The molecule has 0 saturated carbocycles. The number of carbonyl (C=O) groups excluding carboxylic acids is 2. The van der Waals surface area contributed by atoms with E-state index in [1.165, 1.54) is 18.3 Å². The van der Waals surface area contributed by atoms with Crippen LogP contribution in [0.5, 0.6) is 5.75 Å². The van der Waals surface area contributed by atoms with E-state index < -0.39 is 15.9 Å². The minimum atomic E-state index is -3.91. The van der Waals surface area contributed by atoms with Crippen molar-refractivity contribution in [1.29, 1.82) is 0 Å². The smallest absolute Gasteiger partial charge is 0.264 e. The fraction of sp³-hybridized carbons (Fsp3) is 0.231. The Morgan fingerprint density at radius 3 is 2.03 bits per heavy atom. The summed E-state index contributed by atoms with van der Waals surface area (Å²) in [6.07, 6.45) is -0.115. The molecule has 0 saturated heterocycles. The molecule has 0 fully saturated rings. The van der Waals surface area contributed by atoms with Gasteiger partial charge in [-0.25, -0.2) is 8.42 Å². The summed E-state index contributed by atoms with van der Waals surface area (Å²) < 4.78 is 33.4. The van der Waals surface area contributed by atoms with Crippen LogP contribution in [0.1, 0.15) is 24.5 Å². The molecule has 35 heavy (non-hydrogen) atoms. The number of methoxy groups -OCH3 is 1. The summed E-state index contributed by atoms with van der Waals surface area (Å²) in [5.74, 6) is -0.209. The third kappa shape index (κ3) is 6.60. The highest BCUT2D eigenvalue weighted by molar-refractivity contribution is 7.92. The van der Waals surface area contributed by atoms with E-state index in [0.717, 1.165) is 11.1 Å². The number of amides is 2. The SMILES string of the molecule is COc1ccc(NC(C)=O)c(NC(=O)CCN(c2ccc(C)cc2)S(=O)(=O)c2ccc(C)cc2)c1. The standard InChI is InChI=1S/C26H29N3O5S/c1-18-5-9-21(10-6-18)29(35(32,33)23-12-7-19(2)8-13-23)16-15-26(31)28-25-17-22(34-4)11-14-24(25)27-20(3)30/h5-14,17H,15-16H2,1-4H3,(H,27,30)(H,28,31). The quantitative estimate of drug-likeness (QED) is 0.455. The monoisotopic (exact) mass is 495 g/mol. The number of benzene rings is 3. The van der Waals surface area contributed by atoms with Crippen molar-refractivity contribution >= 4 is 38.9 Å². The van der Waals surface area contributed by atoms with Crippen molar-refractivity contribution < 1.29 is 22.7 Å². The van der Waals surface area contributed by atoms with E-state index in [1.807, 2.05) is 26.0 Å². The number of ether oxygens (including phenoxy) is 1. The van der Waals surface area contributed by atoms with Gasteiger partial charge >= 0.3 is 0 Å². The Morgan fingerprint density at radius 1 is 0.857 bits per heavy atom. The lowest BCUT2D eigenvalue weighted by molar-refractivity contribution is -0.116. The largest absolute Gasteiger partial charge is 0.497 e. The van der Waals surface area contributed by atoms with Crippen molar-refractivity contribution in [2.45, 2.75) is 32.1 Å². The van der Waals surface area contributed by atoms with Crippen molar-refractivity contribution in [3.8, 4) is 5.75 Å². The molecule has 3 aromatic rings. The van der Waals surface area contributed by atoms with E-state index in [0.29, 0.717) is 22.8 Å². The topological polar surface area (TPSA) is 105 Å². The summed E-state index contributed by atoms with van der Waals surface area (Å²) >= 11 is 0. The molecular formula is C26H29N3O5S. The van der Waals surface area contributed by atoms with Gasteiger partial charge in [0, 0.05) is 26.0 Å². The van der Waals surface area contributed by atoms with Gasteiger partial charge in [-0.3, -0.25) is 13.9 Å². The number of nitrogens with zero attached hydrogens (tertiary/aromatic N) is 1. The highest BCUT2D eigenvalue weighted by atomic mass is 32.2. The van der Waals surface area contributed by atoms with E-state index in [4.69, 9.17) is 4.74 Å². The third-order valence-corrected chi connectivity index (χ3v) is 7.13. The van der Waals surface area contributed by atoms with Crippen LogP contribution in [0, 0.1) is 13.8 Å². The molecule has 0 radical (unpaired) electrons. The van der Waals surface area contributed by atoms with E-state index in [9.17, 15) is 18.0 Å². The molecule has 0 unspecified atom stereocenters. The molecule has 8 nitrogen and oxygen atoms in total. The first-order valence-electron chi connectivity index (χ1n) is 11.0. The van der Waals surface area contributed by atoms with Crippen LogP contribution < -0.4 is 19.7 Å². The molecule has 2 N–H and O–H groups in total. The highest BCUT2D eigenvalue weighted by Gasteiger charge is 2.25. The van der Waals surface area contributed by atoms with Crippen LogP contribution >= 0.6 is 0 Å². The summed E-state index contributed by atoms with van der Waals surface area (Å²) in [4.78, 5) is 24.5. The zero-order valence-corrected chi connectivity index (χ0v) is 21.0. The van der Waals surface area contributed by atoms with Gasteiger partial charge in [0.05, 0.1) is 29.1 Å². The molecule has 0 spiro atoms. The van der Waals surface area contributed by atoms with Crippen molar-refractivity contribution in [3.63, 3.8) is 0 Å². The second-order valence-electron chi connectivity index (χ2n) is 8.12. The first-order valence-corrected chi connectivity index (χ1v) is 12.5. The lowest BCUT2D eigenvalue weighted by Crippen LogP contribution is -2.34. The van der Waals surface area contributed by atoms with Gasteiger partial charge < -0.3 is 15.4 Å². The number of sulfonamides is 1. The number of rotatable bonds is 9. The number of aryl methyl sites for hydroxylation is 2. The Labute approximate surface area is 206 Å². The highest BCUT2D eigenvalue weighted by Crippen LogP contribution is 2.28. The normalized spacial score (nSPS) is 11.0. The molecule has 3 aromatic carbocycles. The van der Waals surface area contributed by atoms with Crippen LogP contribution in [-0.2, 0) is 19.6 Å². The van der Waals surface area contributed by atoms with Crippen molar-refractivity contribution in [1.82, 2.24) is 0 Å². The molecule has 184 valence electrons. The van der Waals surface area contributed by atoms with Gasteiger partial charge in [0.25, 0.3) is 10.0 Å².